The number of carbonyl (C=O) groups is 3. The van der Waals surface area contributed by atoms with E-state index >= 15 is 0 Å². The van der Waals surface area contributed by atoms with E-state index in [0.717, 1.165) is 25.3 Å². The van der Waals surface area contributed by atoms with E-state index in [4.69, 9.17) is 5.11 Å². The van der Waals surface area contributed by atoms with Gasteiger partial charge in [0.1, 0.15) is 0 Å². The van der Waals surface area contributed by atoms with Gasteiger partial charge in [-0.05, 0) is 6.42 Å². The molecule has 1 N–H and O–H groups in total. The molecule has 0 rings (SSSR count). The van der Waals surface area contributed by atoms with Crippen molar-refractivity contribution in [2.45, 2.75) is 71.1 Å². The second-order valence-electron chi connectivity index (χ2n) is 5.45. The van der Waals surface area contributed by atoms with Crippen LogP contribution in [-0.4, -0.2) is 23.0 Å². The highest BCUT2D eigenvalue weighted by atomic mass is 16.6. The number of aliphatic carboxylic acids is 1. The number of unbranched alkanes of at least 4 members (excludes halogenated alkanes) is 8. The van der Waals surface area contributed by atoms with E-state index in [2.05, 4.69) is 18.2 Å². The van der Waals surface area contributed by atoms with Crippen LogP contribution in [0.25, 0.3) is 0 Å². The van der Waals surface area contributed by atoms with E-state index in [9.17, 15) is 14.4 Å². The van der Waals surface area contributed by atoms with Crippen LogP contribution in [0.4, 0.5) is 0 Å². The van der Waals surface area contributed by atoms with Crippen LogP contribution >= 0.6 is 0 Å². The molecule has 0 aliphatic carbocycles. The zero-order valence-corrected chi connectivity index (χ0v) is 13.5. The first-order valence-electron chi connectivity index (χ1n) is 8.13. The van der Waals surface area contributed by atoms with E-state index in [-0.39, 0.29) is 6.42 Å². The summed E-state index contributed by atoms with van der Waals surface area (Å²) in [5.74, 6) is -4.44. The van der Waals surface area contributed by atoms with Gasteiger partial charge in [-0.3, -0.25) is 9.59 Å². The van der Waals surface area contributed by atoms with Crippen LogP contribution in [0, 0.1) is 5.92 Å². The molecule has 0 bridgehead atoms. The van der Waals surface area contributed by atoms with E-state index in [1.54, 1.807) is 0 Å². The van der Waals surface area contributed by atoms with Crippen LogP contribution in [0.5, 0.6) is 0 Å². The summed E-state index contributed by atoms with van der Waals surface area (Å²) in [4.78, 5) is 33.5. The van der Waals surface area contributed by atoms with Crippen molar-refractivity contribution in [3.05, 3.63) is 12.7 Å². The van der Waals surface area contributed by atoms with Crippen LogP contribution < -0.4 is 0 Å². The van der Waals surface area contributed by atoms with Crippen molar-refractivity contribution in [2.24, 2.45) is 5.92 Å². The van der Waals surface area contributed by atoms with Gasteiger partial charge in [-0.2, -0.15) is 0 Å². The Morgan fingerprint density at radius 3 is 1.95 bits per heavy atom. The molecule has 0 aromatic rings. The molecule has 1 unspecified atom stereocenters. The number of carboxylic acid groups (broad SMARTS) is 1. The Morgan fingerprint density at radius 1 is 1.00 bits per heavy atom. The van der Waals surface area contributed by atoms with Crippen LogP contribution in [-0.2, 0) is 19.1 Å². The SMILES string of the molecule is C=CC(=O)OC(=O)C(CCCCCCCCCCC)C(=O)O. The number of esters is 2. The first-order chi connectivity index (χ1) is 10.5. The Labute approximate surface area is 132 Å². The fourth-order valence-electron chi connectivity index (χ4n) is 2.21. The molecule has 1 atom stereocenters. The molecule has 5 heteroatoms. The van der Waals surface area contributed by atoms with Gasteiger partial charge in [-0.15, -0.1) is 0 Å². The molecule has 0 aromatic carbocycles. The third kappa shape index (κ3) is 10.1. The van der Waals surface area contributed by atoms with Crippen molar-refractivity contribution >= 4 is 17.9 Å². The first kappa shape index (κ1) is 20.3. The van der Waals surface area contributed by atoms with Crippen molar-refractivity contribution in [1.29, 1.82) is 0 Å². The molecule has 0 heterocycles. The fraction of sp³-hybridized carbons (Fsp3) is 0.706. The summed E-state index contributed by atoms with van der Waals surface area (Å²) < 4.78 is 4.38. The molecule has 0 fully saturated rings. The van der Waals surface area contributed by atoms with Crippen LogP contribution in [0.1, 0.15) is 71.1 Å². The number of carboxylic acids is 1. The Kier molecular flexibility index (Phi) is 12.1. The monoisotopic (exact) mass is 312 g/mol. The molecule has 0 saturated heterocycles. The molecular formula is C17H28O5. The molecule has 0 radical (unpaired) electrons. The maximum atomic E-state index is 11.5. The summed E-state index contributed by atoms with van der Waals surface area (Å²) >= 11 is 0. The third-order valence-electron chi connectivity index (χ3n) is 3.55. The summed E-state index contributed by atoms with van der Waals surface area (Å²) in [6.07, 6.45) is 11.0. The van der Waals surface area contributed by atoms with E-state index in [1.165, 1.54) is 32.1 Å². The topological polar surface area (TPSA) is 80.7 Å². The number of hydrogen-bond donors (Lipinski definition) is 1. The Balaban J connectivity index is 3.83. The van der Waals surface area contributed by atoms with E-state index < -0.39 is 23.8 Å². The number of carbonyl (C=O) groups excluding carboxylic acids is 2. The zero-order chi connectivity index (χ0) is 16.8. The predicted molar refractivity (Wildman–Crippen MR) is 84.3 cm³/mol. The zero-order valence-electron chi connectivity index (χ0n) is 13.5. The maximum absolute atomic E-state index is 11.5. The average Bonchev–Trinajstić information content (AvgIpc) is 2.48. The minimum atomic E-state index is -1.27. The highest BCUT2D eigenvalue weighted by Gasteiger charge is 2.28. The summed E-state index contributed by atoms with van der Waals surface area (Å²) in [7, 11) is 0. The number of rotatable bonds is 13. The molecular weight excluding hydrogens is 284 g/mol. The molecule has 0 aliphatic heterocycles. The molecule has 0 saturated carbocycles. The predicted octanol–water partition coefficient (Wildman–Crippen LogP) is 3.86. The standard InChI is InChI=1S/C17H28O5/c1-3-5-6-7-8-9-10-11-12-13-14(16(19)20)17(21)22-15(18)4-2/h4,14H,2-3,5-13H2,1H3,(H,19,20). The lowest BCUT2D eigenvalue weighted by Gasteiger charge is -2.10. The fourth-order valence-corrected chi connectivity index (χ4v) is 2.21. The summed E-state index contributed by atoms with van der Waals surface area (Å²) in [6, 6.07) is 0. The summed E-state index contributed by atoms with van der Waals surface area (Å²) in [5, 5.41) is 9.01. The van der Waals surface area contributed by atoms with Crippen molar-refractivity contribution in [1.82, 2.24) is 0 Å². The molecule has 0 amide bonds. The molecule has 126 valence electrons. The molecule has 22 heavy (non-hydrogen) atoms. The van der Waals surface area contributed by atoms with Gasteiger partial charge in [0.05, 0.1) is 0 Å². The van der Waals surface area contributed by atoms with E-state index in [0.29, 0.717) is 6.42 Å². The van der Waals surface area contributed by atoms with Gasteiger partial charge in [0.15, 0.2) is 5.92 Å². The Morgan fingerprint density at radius 2 is 1.50 bits per heavy atom. The third-order valence-corrected chi connectivity index (χ3v) is 3.55. The van der Waals surface area contributed by atoms with Crippen molar-refractivity contribution in [3.8, 4) is 0 Å². The minimum Gasteiger partial charge on any atom is -0.481 e. The maximum Gasteiger partial charge on any atom is 0.337 e. The minimum absolute atomic E-state index is 0.203. The summed E-state index contributed by atoms with van der Waals surface area (Å²) in [6.45, 7) is 5.35. The van der Waals surface area contributed by atoms with E-state index in [1.807, 2.05) is 0 Å². The van der Waals surface area contributed by atoms with Crippen molar-refractivity contribution in [2.75, 3.05) is 0 Å². The summed E-state index contributed by atoms with van der Waals surface area (Å²) in [5.41, 5.74) is 0. The van der Waals surface area contributed by atoms with Gasteiger partial charge >= 0.3 is 17.9 Å². The largest absolute Gasteiger partial charge is 0.481 e. The van der Waals surface area contributed by atoms with Gasteiger partial charge in [-0.1, -0.05) is 71.3 Å². The second kappa shape index (κ2) is 13.0. The average molecular weight is 312 g/mol. The van der Waals surface area contributed by atoms with Crippen molar-refractivity contribution in [3.63, 3.8) is 0 Å². The van der Waals surface area contributed by atoms with Gasteiger partial charge in [0, 0.05) is 6.08 Å². The van der Waals surface area contributed by atoms with Crippen LogP contribution in [0.3, 0.4) is 0 Å². The number of ether oxygens (including phenoxy) is 1. The Hall–Kier alpha value is -1.65. The highest BCUT2D eigenvalue weighted by molar-refractivity contribution is 6.00. The first-order valence-corrected chi connectivity index (χ1v) is 8.13. The van der Waals surface area contributed by atoms with Crippen LogP contribution in [0.15, 0.2) is 12.7 Å². The normalized spacial score (nSPS) is 11.7. The van der Waals surface area contributed by atoms with Gasteiger partial charge < -0.3 is 9.84 Å². The van der Waals surface area contributed by atoms with Crippen molar-refractivity contribution < 1.29 is 24.2 Å². The van der Waals surface area contributed by atoms with Crippen LogP contribution in [0.2, 0.25) is 0 Å². The molecule has 0 spiro atoms. The lowest BCUT2D eigenvalue weighted by Crippen LogP contribution is -2.27. The van der Waals surface area contributed by atoms with Gasteiger partial charge in [-0.25, -0.2) is 4.79 Å². The quantitative estimate of drug-likeness (QED) is 0.242. The second-order valence-corrected chi connectivity index (χ2v) is 5.45. The highest BCUT2D eigenvalue weighted by Crippen LogP contribution is 2.15. The lowest BCUT2D eigenvalue weighted by molar-refractivity contribution is -0.164. The number of hydrogen-bond acceptors (Lipinski definition) is 4. The smallest absolute Gasteiger partial charge is 0.337 e. The van der Waals surface area contributed by atoms with Gasteiger partial charge in [0.25, 0.3) is 0 Å². The molecule has 5 nitrogen and oxygen atoms in total. The molecule has 0 aliphatic rings. The molecule has 0 aromatic heterocycles. The Bertz CT molecular complexity index is 362. The van der Waals surface area contributed by atoms with Gasteiger partial charge in [0.2, 0.25) is 0 Å². The lowest BCUT2D eigenvalue weighted by atomic mass is 10.00.